The fourth-order valence-electron chi connectivity index (χ4n) is 6.79. The average molecular weight is 752 g/mol. The summed E-state index contributed by atoms with van der Waals surface area (Å²) in [6.07, 6.45) is 7.28. The molecule has 0 bridgehead atoms. The number of nitrogens with one attached hydrogen (secondary N) is 1. The summed E-state index contributed by atoms with van der Waals surface area (Å²) < 4.78 is 39.5. The van der Waals surface area contributed by atoms with Gasteiger partial charge in [0.2, 0.25) is 0 Å². The SMILES string of the molecule is COC(=O)C1=C(CN2CCN3C(=O)N(c4ccc(Oc5ccc(C(=O)O)cc5F)cn4)C[C@@H]3C2)NC(c2nccs2)=N[C@H]1C1C=CC(F)=CC1(C)Cl. The number of benzene rings is 1. The Bertz CT molecular complexity index is 2040. The van der Waals surface area contributed by atoms with E-state index in [0.717, 1.165) is 6.07 Å². The van der Waals surface area contributed by atoms with Crippen molar-refractivity contribution in [3.63, 3.8) is 0 Å². The third-order valence-corrected chi connectivity index (χ3v) is 10.4. The molecule has 0 spiro atoms. The summed E-state index contributed by atoms with van der Waals surface area (Å²) in [7, 11) is 1.29. The van der Waals surface area contributed by atoms with E-state index in [-0.39, 0.29) is 41.3 Å². The highest BCUT2D eigenvalue weighted by Gasteiger charge is 2.46. The van der Waals surface area contributed by atoms with Crippen molar-refractivity contribution in [3.8, 4) is 11.5 Å². The number of allylic oxidation sites excluding steroid dienone is 3. The van der Waals surface area contributed by atoms with Gasteiger partial charge < -0.3 is 24.8 Å². The van der Waals surface area contributed by atoms with Gasteiger partial charge in [-0.1, -0.05) is 6.08 Å². The highest BCUT2D eigenvalue weighted by atomic mass is 35.5. The van der Waals surface area contributed by atoms with Gasteiger partial charge in [-0.05, 0) is 49.4 Å². The van der Waals surface area contributed by atoms with Crippen LogP contribution in [0.4, 0.5) is 19.4 Å². The van der Waals surface area contributed by atoms with E-state index in [1.54, 1.807) is 41.1 Å². The number of nitrogens with zero attached hydrogens (tertiary/aromatic N) is 6. The van der Waals surface area contributed by atoms with Crippen molar-refractivity contribution in [2.24, 2.45) is 10.9 Å². The lowest BCUT2D eigenvalue weighted by Gasteiger charge is -2.40. The number of aromatic nitrogens is 2. The molecule has 0 radical (unpaired) electrons. The van der Waals surface area contributed by atoms with Gasteiger partial charge in [-0.15, -0.1) is 22.9 Å². The molecule has 1 aromatic carbocycles. The minimum absolute atomic E-state index is 0.166. The lowest BCUT2D eigenvalue weighted by molar-refractivity contribution is -0.136. The molecule has 52 heavy (non-hydrogen) atoms. The fraction of sp³-hybridized carbons (Fsp3) is 0.314. The fourth-order valence-corrected chi connectivity index (χ4v) is 7.67. The number of urea groups is 1. The number of ether oxygens (including phenoxy) is 2. The van der Waals surface area contributed by atoms with Crippen molar-refractivity contribution < 1.29 is 37.7 Å². The van der Waals surface area contributed by atoms with E-state index in [0.29, 0.717) is 48.5 Å². The number of hydrogen-bond donors (Lipinski definition) is 2. The van der Waals surface area contributed by atoms with Crippen LogP contribution >= 0.6 is 22.9 Å². The monoisotopic (exact) mass is 751 g/mol. The Morgan fingerprint density at radius 3 is 2.67 bits per heavy atom. The molecule has 4 aliphatic rings. The number of carboxylic acid groups (broad SMARTS) is 1. The summed E-state index contributed by atoms with van der Waals surface area (Å²) in [5, 5.41) is 14.8. The zero-order valence-corrected chi connectivity index (χ0v) is 29.4. The molecule has 4 atom stereocenters. The second kappa shape index (κ2) is 14.1. The largest absolute Gasteiger partial charge is 0.478 e. The second-order valence-corrected chi connectivity index (χ2v) is 14.4. The van der Waals surface area contributed by atoms with E-state index in [1.807, 2.05) is 5.38 Å². The van der Waals surface area contributed by atoms with Crippen LogP contribution in [0.25, 0.3) is 0 Å². The molecule has 1 aliphatic carbocycles. The number of anilines is 1. The number of aliphatic imine (C=N–C) groups is 1. The first kappa shape index (κ1) is 35.2. The molecule has 2 aromatic heterocycles. The van der Waals surface area contributed by atoms with Crippen LogP contribution in [-0.2, 0) is 9.53 Å². The number of carbonyl (C=O) groups is 3. The quantitative estimate of drug-likeness (QED) is 0.227. The molecule has 270 valence electrons. The molecular formula is C35H32ClF2N7O6S. The van der Waals surface area contributed by atoms with Crippen LogP contribution in [0.2, 0.25) is 0 Å². The van der Waals surface area contributed by atoms with E-state index in [9.17, 15) is 23.2 Å². The number of amidine groups is 1. The van der Waals surface area contributed by atoms with Crippen LogP contribution in [0.15, 0.2) is 88.4 Å². The van der Waals surface area contributed by atoms with Gasteiger partial charge in [0, 0.05) is 49.4 Å². The number of rotatable bonds is 9. The average Bonchev–Trinajstić information content (AvgIpc) is 3.77. The molecule has 2 amide bonds. The van der Waals surface area contributed by atoms with Crippen LogP contribution in [0.5, 0.6) is 11.5 Å². The number of esters is 1. The first-order chi connectivity index (χ1) is 24.9. The highest BCUT2D eigenvalue weighted by molar-refractivity contribution is 7.11. The maximum atomic E-state index is 14.4. The maximum Gasteiger partial charge on any atom is 0.337 e. The number of alkyl halides is 1. The van der Waals surface area contributed by atoms with Crippen molar-refractivity contribution in [2.75, 3.05) is 44.7 Å². The van der Waals surface area contributed by atoms with Crippen LogP contribution in [0.3, 0.4) is 0 Å². The zero-order valence-electron chi connectivity index (χ0n) is 27.8. The number of halogens is 3. The van der Waals surface area contributed by atoms with Crippen molar-refractivity contribution in [2.45, 2.75) is 23.9 Å². The first-order valence-electron chi connectivity index (χ1n) is 16.2. The molecule has 2 N–H and O–H groups in total. The van der Waals surface area contributed by atoms with Gasteiger partial charge in [-0.25, -0.2) is 33.1 Å². The number of piperazine rings is 1. The molecular weight excluding hydrogens is 720 g/mol. The number of methoxy groups -OCH3 is 1. The van der Waals surface area contributed by atoms with Gasteiger partial charge in [0.25, 0.3) is 0 Å². The number of amides is 2. The Morgan fingerprint density at radius 1 is 1.17 bits per heavy atom. The Balaban J connectivity index is 1.09. The van der Waals surface area contributed by atoms with Gasteiger partial charge in [0.05, 0.1) is 47.9 Å². The number of carbonyl (C=O) groups excluding carboxylic acids is 2. The Hall–Kier alpha value is -5.19. The van der Waals surface area contributed by atoms with Gasteiger partial charge in [0.1, 0.15) is 17.4 Å². The topological polar surface area (TPSA) is 150 Å². The van der Waals surface area contributed by atoms with Gasteiger partial charge in [0.15, 0.2) is 22.4 Å². The third-order valence-electron chi connectivity index (χ3n) is 9.30. The molecule has 0 saturated carbocycles. The number of carboxylic acids is 1. The number of hydrogen-bond acceptors (Lipinski definition) is 11. The second-order valence-electron chi connectivity index (χ2n) is 12.7. The Labute approximate surface area is 305 Å². The summed E-state index contributed by atoms with van der Waals surface area (Å²) in [4.78, 5) is 56.0. The van der Waals surface area contributed by atoms with E-state index < -0.39 is 40.4 Å². The predicted octanol–water partition coefficient (Wildman–Crippen LogP) is 4.98. The van der Waals surface area contributed by atoms with E-state index in [2.05, 4.69) is 20.2 Å². The van der Waals surface area contributed by atoms with Gasteiger partial charge in [-0.2, -0.15) is 0 Å². The maximum absolute atomic E-state index is 14.4. The number of aromatic carboxylic acids is 1. The molecule has 2 saturated heterocycles. The molecule has 5 heterocycles. The third kappa shape index (κ3) is 6.88. The summed E-state index contributed by atoms with van der Waals surface area (Å²) in [5.41, 5.74) is 0.617. The number of fused-ring (bicyclic) bond motifs is 1. The lowest BCUT2D eigenvalue weighted by atomic mass is 9.79. The van der Waals surface area contributed by atoms with Crippen molar-refractivity contribution in [3.05, 3.63) is 99.8 Å². The van der Waals surface area contributed by atoms with Crippen LogP contribution in [0, 0.1) is 11.7 Å². The van der Waals surface area contributed by atoms with E-state index >= 15 is 0 Å². The molecule has 13 nitrogen and oxygen atoms in total. The Kier molecular flexibility index (Phi) is 9.54. The normalized spacial score (nSPS) is 24.6. The minimum atomic E-state index is -1.26. The van der Waals surface area contributed by atoms with Crippen molar-refractivity contribution >= 4 is 52.6 Å². The van der Waals surface area contributed by atoms with Crippen molar-refractivity contribution in [1.82, 2.24) is 25.1 Å². The highest BCUT2D eigenvalue weighted by Crippen LogP contribution is 2.41. The molecule has 2 fully saturated rings. The van der Waals surface area contributed by atoms with Gasteiger partial charge in [-0.3, -0.25) is 14.8 Å². The van der Waals surface area contributed by atoms with Crippen LogP contribution < -0.4 is 15.0 Å². The lowest BCUT2D eigenvalue weighted by Crippen LogP contribution is -2.54. The first-order valence-corrected chi connectivity index (χ1v) is 17.5. The summed E-state index contributed by atoms with van der Waals surface area (Å²) in [6, 6.07) is 5.25. The summed E-state index contributed by atoms with van der Waals surface area (Å²) in [6.45, 7) is 3.70. The molecule has 2 unspecified atom stereocenters. The number of pyridine rings is 1. The predicted molar refractivity (Wildman–Crippen MR) is 188 cm³/mol. The molecule has 7 rings (SSSR count). The van der Waals surface area contributed by atoms with E-state index in [4.69, 9.17) is 31.2 Å². The van der Waals surface area contributed by atoms with E-state index in [1.165, 1.54) is 48.9 Å². The minimum Gasteiger partial charge on any atom is -0.478 e. The van der Waals surface area contributed by atoms with Crippen molar-refractivity contribution in [1.29, 1.82) is 0 Å². The Morgan fingerprint density at radius 2 is 2.00 bits per heavy atom. The standard InChI is InChI=1S/C35H32ClF2N7O6S/c1-35(36)14-20(37)4-6-23(35)29-28(33(48)50-2)25(41-30(42-29)31-39-9-12-52-31)18-43-10-11-44-21(16-43)17-45(34(44)49)27-8-5-22(15-40-27)51-26-7-3-19(32(46)47)13-24(26)38/h3-9,12-15,21,23,29H,10-11,16-18H2,1-2H3,(H,41,42)(H,46,47)/t21-,23?,29-,35?/m0/s1. The number of thiazole rings is 1. The van der Waals surface area contributed by atoms with Crippen LogP contribution in [0.1, 0.15) is 22.3 Å². The van der Waals surface area contributed by atoms with Crippen LogP contribution in [-0.4, -0.2) is 105 Å². The molecule has 3 aliphatic heterocycles. The summed E-state index contributed by atoms with van der Waals surface area (Å²) in [5.74, 6) is -2.88. The smallest absolute Gasteiger partial charge is 0.337 e. The zero-order chi connectivity index (χ0) is 36.7. The molecule has 17 heteroatoms. The molecule has 3 aromatic rings. The van der Waals surface area contributed by atoms with Gasteiger partial charge >= 0.3 is 18.0 Å². The summed E-state index contributed by atoms with van der Waals surface area (Å²) >= 11 is 8.23.